The Bertz CT molecular complexity index is 1330. The maximum absolute atomic E-state index is 12.7. The molecule has 0 aliphatic carbocycles. The number of unbranched alkanes of at least 4 members (excludes halogenated alkanes) is 1. The van der Waals surface area contributed by atoms with E-state index in [2.05, 4.69) is 27.0 Å². The highest BCUT2D eigenvalue weighted by Gasteiger charge is 2.41. The Labute approximate surface area is 228 Å². The van der Waals surface area contributed by atoms with Gasteiger partial charge in [-0.3, -0.25) is 9.59 Å². The lowest BCUT2D eigenvalue weighted by Gasteiger charge is -2.37. The first-order valence-corrected chi connectivity index (χ1v) is 14.7. The van der Waals surface area contributed by atoms with Gasteiger partial charge in [0, 0.05) is 38.3 Å². The molecule has 4 rings (SSSR count). The van der Waals surface area contributed by atoms with Crippen LogP contribution in [0.1, 0.15) is 42.5 Å². The van der Waals surface area contributed by atoms with Crippen molar-refractivity contribution in [3.05, 3.63) is 53.2 Å². The zero-order valence-corrected chi connectivity index (χ0v) is 22.8. The topological polar surface area (TPSA) is 158 Å². The highest BCUT2D eigenvalue weighted by molar-refractivity contribution is 7.89. The molecule has 2 aliphatic heterocycles. The Hall–Kier alpha value is -3.51. The van der Waals surface area contributed by atoms with E-state index in [0.29, 0.717) is 6.42 Å². The molecule has 12 heteroatoms. The number of anilines is 1. The lowest BCUT2D eigenvalue weighted by Crippen LogP contribution is -2.58. The Morgan fingerprint density at radius 3 is 2.72 bits per heavy atom. The van der Waals surface area contributed by atoms with Crippen LogP contribution in [0.25, 0.3) is 0 Å². The predicted octanol–water partition coefficient (Wildman–Crippen LogP) is 1.47. The molecule has 1 saturated heterocycles. The molecule has 1 fully saturated rings. The molecule has 0 spiro atoms. The van der Waals surface area contributed by atoms with Gasteiger partial charge < -0.3 is 21.1 Å². The van der Waals surface area contributed by atoms with Crippen LogP contribution in [0.15, 0.2) is 41.3 Å². The molecule has 1 aromatic heterocycles. The minimum atomic E-state index is -3.72. The summed E-state index contributed by atoms with van der Waals surface area (Å²) in [7, 11) is -3.72. The van der Waals surface area contributed by atoms with Gasteiger partial charge in [-0.1, -0.05) is 18.2 Å². The van der Waals surface area contributed by atoms with E-state index in [1.54, 1.807) is 25.1 Å². The van der Waals surface area contributed by atoms with Crippen molar-refractivity contribution < 1.29 is 27.9 Å². The van der Waals surface area contributed by atoms with Crippen molar-refractivity contribution in [2.75, 3.05) is 31.5 Å². The number of nitrogens with one attached hydrogen (secondary N) is 3. The molecule has 1 aromatic carbocycles. The number of pyridine rings is 1. The quantitative estimate of drug-likeness (QED) is 0.286. The molecule has 0 radical (unpaired) electrons. The number of aromatic nitrogens is 1. The van der Waals surface area contributed by atoms with E-state index in [4.69, 9.17) is 0 Å². The number of fused-ring (bicyclic) bond motifs is 1. The van der Waals surface area contributed by atoms with Gasteiger partial charge in [0.15, 0.2) is 0 Å². The second kappa shape index (κ2) is 12.6. The second-order valence-electron chi connectivity index (χ2n) is 10.1. The van der Waals surface area contributed by atoms with E-state index in [9.17, 15) is 27.9 Å². The maximum atomic E-state index is 12.7. The van der Waals surface area contributed by atoms with Crippen LogP contribution in [0.5, 0.6) is 0 Å². The zero-order valence-electron chi connectivity index (χ0n) is 22.0. The highest BCUT2D eigenvalue weighted by atomic mass is 32.2. The number of carboxylic acid groups (broad SMARTS) is 1. The summed E-state index contributed by atoms with van der Waals surface area (Å²) >= 11 is 0. The molecule has 2 amide bonds. The molecule has 210 valence electrons. The molecule has 0 saturated carbocycles. The van der Waals surface area contributed by atoms with Gasteiger partial charge in [-0.25, -0.2) is 18.2 Å². The summed E-state index contributed by atoms with van der Waals surface area (Å²) < 4.78 is 26.7. The van der Waals surface area contributed by atoms with Gasteiger partial charge in [-0.05, 0) is 68.4 Å². The van der Waals surface area contributed by atoms with Crippen molar-refractivity contribution in [2.45, 2.75) is 56.4 Å². The van der Waals surface area contributed by atoms with Crippen molar-refractivity contribution in [3.8, 4) is 0 Å². The molecule has 4 N–H and O–H groups in total. The summed E-state index contributed by atoms with van der Waals surface area (Å²) in [6.45, 7) is 2.40. The fraction of sp³-hybridized carbons (Fsp3) is 0.481. The lowest BCUT2D eigenvalue weighted by atomic mass is 10.0. The largest absolute Gasteiger partial charge is 0.480 e. The molecule has 0 unspecified atom stereocenters. The molecular formula is C27H35N5O6S. The number of carbonyl (C=O) groups excluding carboxylic acids is 2. The number of amides is 2. The third-order valence-electron chi connectivity index (χ3n) is 7.00. The Morgan fingerprint density at radius 1 is 1.18 bits per heavy atom. The molecule has 3 heterocycles. The van der Waals surface area contributed by atoms with Gasteiger partial charge in [0.05, 0.1) is 10.8 Å². The van der Waals surface area contributed by atoms with Crippen LogP contribution in [-0.2, 0) is 37.2 Å². The van der Waals surface area contributed by atoms with Gasteiger partial charge in [0.25, 0.3) is 0 Å². The average Bonchev–Trinajstić information content (AvgIpc) is 2.87. The maximum Gasteiger partial charge on any atom is 0.328 e. The molecule has 11 nitrogen and oxygen atoms in total. The van der Waals surface area contributed by atoms with Crippen LogP contribution in [0.3, 0.4) is 0 Å². The number of sulfonamides is 1. The van der Waals surface area contributed by atoms with E-state index in [1.807, 2.05) is 6.07 Å². The van der Waals surface area contributed by atoms with E-state index >= 15 is 0 Å². The predicted molar refractivity (Wildman–Crippen MR) is 145 cm³/mol. The van der Waals surface area contributed by atoms with Crippen molar-refractivity contribution in [2.24, 2.45) is 5.92 Å². The molecule has 1 atom stereocenters. The Balaban J connectivity index is 1.16. The monoisotopic (exact) mass is 557 g/mol. The minimum Gasteiger partial charge on any atom is -0.480 e. The number of rotatable bonds is 12. The lowest BCUT2D eigenvalue weighted by molar-refractivity contribution is -0.143. The third-order valence-corrected chi connectivity index (χ3v) is 8.83. The Morgan fingerprint density at radius 2 is 1.97 bits per heavy atom. The molecule has 2 aromatic rings. The van der Waals surface area contributed by atoms with Gasteiger partial charge in [0.1, 0.15) is 11.9 Å². The highest BCUT2D eigenvalue weighted by Crippen LogP contribution is 2.26. The summed E-state index contributed by atoms with van der Waals surface area (Å²) in [6.07, 6.45) is 4.50. The minimum absolute atomic E-state index is 0.0318. The zero-order chi connectivity index (χ0) is 28.0. The average molecular weight is 558 g/mol. The number of benzene rings is 1. The number of aliphatic carboxylic acids is 1. The van der Waals surface area contributed by atoms with Crippen molar-refractivity contribution in [3.63, 3.8) is 0 Å². The first-order valence-electron chi connectivity index (χ1n) is 13.2. The van der Waals surface area contributed by atoms with Crippen molar-refractivity contribution in [1.82, 2.24) is 19.9 Å². The van der Waals surface area contributed by atoms with Gasteiger partial charge in [0.2, 0.25) is 21.8 Å². The first kappa shape index (κ1) is 28.5. The van der Waals surface area contributed by atoms with Crippen LogP contribution in [0.4, 0.5) is 5.82 Å². The third kappa shape index (κ3) is 7.33. The van der Waals surface area contributed by atoms with Gasteiger partial charge in [-0.2, -0.15) is 4.31 Å². The van der Waals surface area contributed by atoms with E-state index in [1.165, 1.54) is 15.9 Å². The number of hydrogen-bond acceptors (Lipinski definition) is 7. The van der Waals surface area contributed by atoms with Crippen LogP contribution in [0, 0.1) is 12.8 Å². The summed E-state index contributed by atoms with van der Waals surface area (Å²) in [5, 5.41) is 17.8. The number of carbonyl (C=O) groups is 3. The normalized spacial score (nSPS) is 16.3. The number of aryl methyl sites for hydroxylation is 3. The smallest absolute Gasteiger partial charge is 0.328 e. The SMILES string of the molecule is Cc1cccc(S(=O)(=O)N2CC(C(=O)N[C@@H](CNC(=O)CCCCc3ccc4c(n3)NCCC4)C(=O)O)C2)c1. The van der Waals surface area contributed by atoms with E-state index in [0.717, 1.165) is 49.3 Å². The standard InChI is InChI=1S/C27H35N5O6S/c1-18-6-4-9-22(14-18)39(37,38)32-16-20(17-32)26(34)31-23(27(35)36)15-29-24(33)10-3-2-8-21-12-11-19-7-5-13-28-25(19)30-21/h4,6,9,11-12,14,20,23H,2-3,5,7-8,10,13,15-17H2,1H3,(H,28,30)(H,29,33)(H,31,34)(H,35,36)/t23-/m0/s1. The molecule has 0 bridgehead atoms. The van der Waals surface area contributed by atoms with Crippen LogP contribution >= 0.6 is 0 Å². The molecule has 2 aliphatic rings. The molecule has 39 heavy (non-hydrogen) atoms. The summed E-state index contributed by atoms with van der Waals surface area (Å²) in [5.74, 6) is -1.84. The van der Waals surface area contributed by atoms with Crippen molar-refractivity contribution >= 4 is 33.6 Å². The fourth-order valence-electron chi connectivity index (χ4n) is 4.62. The summed E-state index contributed by atoms with van der Waals surface area (Å²) in [5.41, 5.74) is 3.01. The second-order valence-corrected chi connectivity index (χ2v) is 12.0. The molecular weight excluding hydrogens is 522 g/mol. The summed E-state index contributed by atoms with van der Waals surface area (Å²) in [6, 6.07) is 9.32. The summed E-state index contributed by atoms with van der Waals surface area (Å²) in [4.78, 5) is 41.3. The fourth-order valence-corrected chi connectivity index (χ4v) is 6.25. The van der Waals surface area contributed by atoms with E-state index in [-0.39, 0.29) is 36.9 Å². The van der Waals surface area contributed by atoms with Crippen molar-refractivity contribution in [1.29, 1.82) is 0 Å². The first-order chi connectivity index (χ1) is 18.6. The Kier molecular flexibility index (Phi) is 9.18. The van der Waals surface area contributed by atoms with Gasteiger partial charge >= 0.3 is 5.97 Å². The van der Waals surface area contributed by atoms with Crippen LogP contribution < -0.4 is 16.0 Å². The number of carboxylic acids is 1. The van der Waals surface area contributed by atoms with Gasteiger partial charge in [-0.15, -0.1) is 0 Å². The van der Waals surface area contributed by atoms with E-state index < -0.39 is 33.9 Å². The van der Waals surface area contributed by atoms with Crippen LogP contribution in [0.2, 0.25) is 0 Å². The number of nitrogens with zero attached hydrogens (tertiary/aromatic N) is 2. The number of hydrogen-bond donors (Lipinski definition) is 4. The van der Waals surface area contributed by atoms with Crippen LogP contribution in [-0.4, -0.2) is 72.8 Å².